The van der Waals surface area contributed by atoms with Gasteiger partial charge in [-0.25, -0.2) is 4.98 Å². The van der Waals surface area contributed by atoms with Crippen molar-refractivity contribution in [3.63, 3.8) is 0 Å². The molecule has 0 saturated heterocycles. The van der Waals surface area contributed by atoms with E-state index in [4.69, 9.17) is 5.73 Å². The van der Waals surface area contributed by atoms with Crippen molar-refractivity contribution >= 4 is 11.8 Å². The third-order valence-electron chi connectivity index (χ3n) is 3.99. The molecular weight excluding hydrogens is 318 g/mol. The molecule has 1 aromatic heterocycles. The number of rotatable bonds is 8. The molecule has 0 aliphatic rings. The second kappa shape index (κ2) is 8.43. The van der Waals surface area contributed by atoms with E-state index in [9.17, 15) is 9.59 Å². The van der Waals surface area contributed by atoms with E-state index < -0.39 is 5.91 Å². The van der Waals surface area contributed by atoms with Gasteiger partial charge in [0.2, 0.25) is 11.8 Å². The lowest BCUT2D eigenvalue weighted by Gasteiger charge is -2.26. The molecule has 2 rings (SSSR count). The number of nitrogens with zero attached hydrogens (tertiary/aromatic N) is 3. The Morgan fingerprint density at radius 1 is 1.24 bits per heavy atom. The summed E-state index contributed by atoms with van der Waals surface area (Å²) >= 11 is 0. The zero-order valence-electron chi connectivity index (χ0n) is 14.8. The Morgan fingerprint density at radius 2 is 1.92 bits per heavy atom. The van der Waals surface area contributed by atoms with Crippen LogP contribution in [-0.4, -0.2) is 45.4 Å². The van der Waals surface area contributed by atoms with Crippen molar-refractivity contribution in [2.24, 2.45) is 12.8 Å². The molecular formula is C18H25N5O2. The fraction of sp³-hybridized carbons (Fsp3) is 0.389. The third-order valence-corrected chi connectivity index (χ3v) is 3.99. The summed E-state index contributed by atoms with van der Waals surface area (Å²) in [5.74, 6) is 0.0996. The van der Waals surface area contributed by atoms with E-state index in [1.807, 2.05) is 62.0 Å². The second-order valence-corrected chi connectivity index (χ2v) is 6.27. The molecule has 134 valence electrons. The van der Waals surface area contributed by atoms with E-state index in [2.05, 4.69) is 10.3 Å². The Balaban J connectivity index is 2.18. The molecule has 0 fully saturated rings. The second-order valence-electron chi connectivity index (χ2n) is 6.27. The maximum Gasteiger partial charge on any atom is 0.235 e. The van der Waals surface area contributed by atoms with E-state index in [1.54, 1.807) is 11.1 Å². The number of primary amides is 1. The fourth-order valence-electron chi connectivity index (χ4n) is 2.61. The van der Waals surface area contributed by atoms with Crippen molar-refractivity contribution in [2.75, 3.05) is 13.1 Å². The Bertz CT molecular complexity index is 711. The number of hydrogen-bond donors (Lipinski definition) is 2. The first-order valence-electron chi connectivity index (χ1n) is 8.22. The van der Waals surface area contributed by atoms with Gasteiger partial charge in [-0.1, -0.05) is 30.3 Å². The number of aromatic nitrogens is 2. The van der Waals surface area contributed by atoms with Crippen LogP contribution >= 0.6 is 0 Å². The number of hydrogen-bond acceptors (Lipinski definition) is 4. The standard InChI is InChI=1S/C18H25N5O2/c1-13(2)23(11-15(19)24)12-16(25)21-17(14-7-5-4-6-8-14)18-20-9-10-22(18)3/h4-10,13,17H,11-12H2,1-3H3,(H2,19,24)(H,21,25). The van der Waals surface area contributed by atoms with Gasteiger partial charge in [0.25, 0.3) is 0 Å². The molecule has 7 heteroatoms. The van der Waals surface area contributed by atoms with Gasteiger partial charge >= 0.3 is 0 Å². The molecule has 1 aromatic carbocycles. The van der Waals surface area contributed by atoms with Crippen LogP contribution in [0.15, 0.2) is 42.7 Å². The van der Waals surface area contributed by atoms with Crippen molar-refractivity contribution < 1.29 is 9.59 Å². The smallest absolute Gasteiger partial charge is 0.235 e. The molecule has 0 spiro atoms. The number of carbonyl (C=O) groups is 2. The summed E-state index contributed by atoms with van der Waals surface area (Å²) in [6.45, 7) is 3.98. The SMILES string of the molecule is CC(C)N(CC(N)=O)CC(=O)NC(c1ccccc1)c1nccn1C. The number of nitrogens with two attached hydrogens (primary N) is 1. The lowest BCUT2D eigenvalue weighted by atomic mass is 10.1. The molecule has 1 heterocycles. The highest BCUT2D eigenvalue weighted by Crippen LogP contribution is 2.20. The van der Waals surface area contributed by atoms with E-state index >= 15 is 0 Å². The number of amides is 2. The predicted octanol–water partition coefficient (Wildman–Crippen LogP) is 0.821. The highest BCUT2D eigenvalue weighted by atomic mass is 16.2. The van der Waals surface area contributed by atoms with E-state index in [1.165, 1.54) is 0 Å². The lowest BCUT2D eigenvalue weighted by Crippen LogP contribution is -2.45. The Hall–Kier alpha value is -2.67. The van der Waals surface area contributed by atoms with Crippen LogP contribution in [-0.2, 0) is 16.6 Å². The zero-order valence-corrected chi connectivity index (χ0v) is 14.8. The maximum atomic E-state index is 12.6. The van der Waals surface area contributed by atoms with Crippen molar-refractivity contribution in [1.29, 1.82) is 0 Å². The molecule has 3 N–H and O–H groups in total. The zero-order chi connectivity index (χ0) is 18.4. The molecule has 0 bridgehead atoms. The van der Waals surface area contributed by atoms with Gasteiger partial charge in [0.05, 0.1) is 13.1 Å². The van der Waals surface area contributed by atoms with Crippen LogP contribution < -0.4 is 11.1 Å². The number of carbonyl (C=O) groups excluding carboxylic acids is 2. The van der Waals surface area contributed by atoms with Crippen LogP contribution in [0.25, 0.3) is 0 Å². The summed E-state index contributed by atoms with van der Waals surface area (Å²) in [7, 11) is 1.89. The minimum Gasteiger partial charge on any atom is -0.369 e. The summed E-state index contributed by atoms with van der Waals surface area (Å²) < 4.78 is 1.88. The Kier molecular flexibility index (Phi) is 6.30. The van der Waals surface area contributed by atoms with Gasteiger partial charge in [0, 0.05) is 25.5 Å². The van der Waals surface area contributed by atoms with Crippen LogP contribution in [0.4, 0.5) is 0 Å². The molecule has 0 aliphatic carbocycles. The van der Waals surface area contributed by atoms with Crippen molar-refractivity contribution in [1.82, 2.24) is 19.8 Å². The maximum absolute atomic E-state index is 12.6. The van der Waals surface area contributed by atoms with Gasteiger partial charge in [0.15, 0.2) is 0 Å². The van der Waals surface area contributed by atoms with Crippen molar-refractivity contribution in [3.05, 3.63) is 54.1 Å². The quantitative estimate of drug-likeness (QED) is 0.742. The first-order valence-corrected chi connectivity index (χ1v) is 8.22. The van der Waals surface area contributed by atoms with Gasteiger partial charge in [-0.2, -0.15) is 0 Å². The topological polar surface area (TPSA) is 93.2 Å². The molecule has 25 heavy (non-hydrogen) atoms. The molecule has 7 nitrogen and oxygen atoms in total. The summed E-state index contributed by atoms with van der Waals surface area (Å²) in [6, 6.07) is 9.33. The molecule has 0 radical (unpaired) electrons. The Morgan fingerprint density at radius 3 is 2.44 bits per heavy atom. The van der Waals surface area contributed by atoms with E-state index in [0.717, 1.165) is 11.4 Å². The summed E-state index contributed by atoms with van der Waals surface area (Å²) in [6.07, 6.45) is 3.54. The van der Waals surface area contributed by atoms with Crippen LogP contribution in [0.5, 0.6) is 0 Å². The largest absolute Gasteiger partial charge is 0.369 e. The summed E-state index contributed by atoms with van der Waals surface area (Å²) in [5, 5.41) is 3.02. The van der Waals surface area contributed by atoms with Crippen LogP contribution in [0, 0.1) is 0 Å². The minimum atomic E-state index is -0.454. The van der Waals surface area contributed by atoms with Gasteiger partial charge in [-0.3, -0.25) is 14.5 Å². The van der Waals surface area contributed by atoms with Gasteiger partial charge in [-0.05, 0) is 19.4 Å². The van der Waals surface area contributed by atoms with Gasteiger partial charge < -0.3 is 15.6 Å². The minimum absolute atomic E-state index is 0.0292. The predicted molar refractivity (Wildman–Crippen MR) is 95.5 cm³/mol. The lowest BCUT2D eigenvalue weighted by molar-refractivity contribution is -0.125. The van der Waals surface area contributed by atoms with Crippen molar-refractivity contribution in [2.45, 2.75) is 25.9 Å². The number of aryl methyl sites for hydroxylation is 1. The van der Waals surface area contributed by atoms with Gasteiger partial charge in [0.1, 0.15) is 11.9 Å². The van der Waals surface area contributed by atoms with E-state index in [-0.39, 0.29) is 31.1 Å². The normalized spacial score (nSPS) is 12.4. The average molecular weight is 343 g/mol. The van der Waals surface area contributed by atoms with Crippen LogP contribution in [0.2, 0.25) is 0 Å². The molecule has 0 aliphatic heterocycles. The molecule has 2 amide bonds. The molecule has 2 aromatic rings. The fourth-order valence-corrected chi connectivity index (χ4v) is 2.61. The molecule has 0 saturated carbocycles. The number of nitrogens with one attached hydrogen (secondary N) is 1. The monoisotopic (exact) mass is 343 g/mol. The number of imidazole rings is 1. The Labute approximate surface area is 147 Å². The third kappa shape index (κ3) is 5.15. The number of benzene rings is 1. The molecule has 1 atom stereocenters. The average Bonchev–Trinajstić information content (AvgIpc) is 2.98. The van der Waals surface area contributed by atoms with E-state index in [0.29, 0.717) is 0 Å². The first-order chi connectivity index (χ1) is 11.9. The van der Waals surface area contributed by atoms with Crippen LogP contribution in [0.1, 0.15) is 31.3 Å². The first kappa shape index (κ1) is 18.7. The summed E-state index contributed by atoms with van der Waals surface area (Å²) in [5.41, 5.74) is 6.21. The highest BCUT2D eigenvalue weighted by Gasteiger charge is 2.23. The highest BCUT2D eigenvalue weighted by molar-refractivity contribution is 5.81. The van der Waals surface area contributed by atoms with Crippen molar-refractivity contribution in [3.8, 4) is 0 Å². The molecule has 1 unspecified atom stereocenters. The summed E-state index contributed by atoms with van der Waals surface area (Å²) in [4.78, 5) is 29.9. The van der Waals surface area contributed by atoms with Crippen LogP contribution in [0.3, 0.4) is 0 Å². The van der Waals surface area contributed by atoms with Gasteiger partial charge in [-0.15, -0.1) is 0 Å².